The molecule has 19 heavy (non-hydrogen) atoms. The summed E-state index contributed by atoms with van der Waals surface area (Å²) in [5.41, 5.74) is 0. The third-order valence-electron chi connectivity index (χ3n) is 4.12. The largest absolute Gasteiger partial charge is 0.396 e. The van der Waals surface area contributed by atoms with E-state index in [4.69, 9.17) is 9.84 Å². The van der Waals surface area contributed by atoms with Crippen molar-refractivity contribution >= 4 is 6.03 Å². The van der Waals surface area contributed by atoms with Gasteiger partial charge in [0.1, 0.15) is 0 Å². The second-order valence-electron chi connectivity index (χ2n) is 5.51. The normalized spacial score (nSPS) is 27.5. The van der Waals surface area contributed by atoms with Crippen molar-refractivity contribution in [2.45, 2.75) is 57.1 Å². The van der Waals surface area contributed by atoms with E-state index in [-0.39, 0.29) is 18.7 Å². The number of likely N-dealkylation sites (tertiary alicyclic amines) is 1. The molecule has 110 valence electrons. The van der Waals surface area contributed by atoms with Gasteiger partial charge in [0.05, 0.1) is 6.10 Å². The van der Waals surface area contributed by atoms with Crippen molar-refractivity contribution in [1.29, 1.82) is 0 Å². The first-order chi connectivity index (χ1) is 9.31. The van der Waals surface area contributed by atoms with E-state index in [2.05, 4.69) is 5.32 Å². The Morgan fingerprint density at radius 3 is 2.89 bits per heavy atom. The summed E-state index contributed by atoms with van der Waals surface area (Å²) >= 11 is 0. The van der Waals surface area contributed by atoms with E-state index in [1.165, 1.54) is 0 Å². The van der Waals surface area contributed by atoms with Crippen LogP contribution in [0.25, 0.3) is 0 Å². The molecule has 0 bridgehead atoms. The molecular formula is C14H26N2O3. The van der Waals surface area contributed by atoms with Crippen molar-refractivity contribution in [2.75, 3.05) is 26.3 Å². The Labute approximate surface area is 115 Å². The Kier molecular flexibility index (Phi) is 5.92. The van der Waals surface area contributed by atoms with E-state index < -0.39 is 0 Å². The van der Waals surface area contributed by atoms with Gasteiger partial charge in [-0.1, -0.05) is 0 Å². The SMILES string of the molecule is O=C(NCCC1CCCO1)N1CCCCC1CCO. The van der Waals surface area contributed by atoms with Crippen LogP contribution in [0.1, 0.15) is 44.9 Å². The van der Waals surface area contributed by atoms with Crippen LogP contribution in [-0.2, 0) is 4.74 Å². The van der Waals surface area contributed by atoms with Crippen LogP contribution in [-0.4, -0.2) is 54.5 Å². The molecular weight excluding hydrogens is 244 g/mol. The maximum absolute atomic E-state index is 12.1. The summed E-state index contributed by atoms with van der Waals surface area (Å²) in [6.07, 6.45) is 7.43. The zero-order valence-electron chi connectivity index (χ0n) is 11.6. The molecule has 2 amide bonds. The third kappa shape index (κ3) is 4.35. The number of ether oxygens (including phenoxy) is 1. The summed E-state index contributed by atoms with van der Waals surface area (Å²) in [5, 5.41) is 12.1. The van der Waals surface area contributed by atoms with Gasteiger partial charge in [0, 0.05) is 32.3 Å². The molecule has 2 saturated heterocycles. The highest BCUT2D eigenvalue weighted by atomic mass is 16.5. The van der Waals surface area contributed by atoms with Gasteiger partial charge in [-0.15, -0.1) is 0 Å². The zero-order valence-corrected chi connectivity index (χ0v) is 11.6. The molecule has 5 nitrogen and oxygen atoms in total. The van der Waals surface area contributed by atoms with Crippen LogP contribution in [0.3, 0.4) is 0 Å². The summed E-state index contributed by atoms with van der Waals surface area (Å²) in [7, 11) is 0. The molecule has 2 unspecified atom stereocenters. The van der Waals surface area contributed by atoms with Crippen LogP contribution in [0.5, 0.6) is 0 Å². The van der Waals surface area contributed by atoms with Crippen molar-refractivity contribution in [3.63, 3.8) is 0 Å². The number of nitrogens with zero attached hydrogens (tertiary/aromatic N) is 1. The number of aliphatic hydroxyl groups is 1. The molecule has 2 rings (SSSR count). The first kappa shape index (κ1) is 14.6. The monoisotopic (exact) mass is 270 g/mol. The number of rotatable bonds is 5. The van der Waals surface area contributed by atoms with Gasteiger partial charge >= 0.3 is 6.03 Å². The second kappa shape index (κ2) is 7.70. The van der Waals surface area contributed by atoms with Gasteiger partial charge in [-0.3, -0.25) is 0 Å². The number of hydrogen-bond donors (Lipinski definition) is 2. The molecule has 2 fully saturated rings. The third-order valence-corrected chi connectivity index (χ3v) is 4.12. The van der Waals surface area contributed by atoms with E-state index in [0.29, 0.717) is 19.1 Å². The summed E-state index contributed by atoms with van der Waals surface area (Å²) in [4.78, 5) is 14.0. The first-order valence-corrected chi connectivity index (χ1v) is 7.58. The Bertz CT molecular complexity index is 278. The summed E-state index contributed by atoms with van der Waals surface area (Å²) in [5.74, 6) is 0. The number of hydrogen-bond acceptors (Lipinski definition) is 3. The van der Waals surface area contributed by atoms with E-state index in [1.807, 2.05) is 4.90 Å². The minimum atomic E-state index is 0.0242. The van der Waals surface area contributed by atoms with E-state index in [9.17, 15) is 4.79 Å². The molecule has 2 heterocycles. The minimum absolute atomic E-state index is 0.0242. The highest BCUT2D eigenvalue weighted by Gasteiger charge is 2.26. The van der Waals surface area contributed by atoms with Crippen LogP contribution in [0.4, 0.5) is 4.79 Å². The number of carbonyl (C=O) groups excluding carboxylic acids is 1. The number of carbonyl (C=O) groups is 1. The number of amides is 2. The van der Waals surface area contributed by atoms with Gasteiger partial charge in [-0.05, 0) is 44.9 Å². The molecule has 2 N–H and O–H groups in total. The molecule has 2 aliphatic heterocycles. The van der Waals surface area contributed by atoms with Crippen molar-refractivity contribution in [3.8, 4) is 0 Å². The van der Waals surface area contributed by atoms with Gasteiger partial charge in [0.2, 0.25) is 0 Å². The second-order valence-corrected chi connectivity index (χ2v) is 5.51. The Balaban J connectivity index is 1.70. The summed E-state index contributed by atoms with van der Waals surface area (Å²) < 4.78 is 5.54. The molecule has 0 spiro atoms. The highest BCUT2D eigenvalue weighted by molar-refractivity contribution is 5.74. The van der Waals surface area contributed by atoms with Crippen LogP contribution in [0, 0.1) is 0 Å². The quantitative estimate of drug-likeness (QED) is 0.796. The highest BCUT2D eigenvalue weighted by Crippen LogP contribution is 2.19. The zero-order chi connectivity index (χ0) is 13.5. The van der Waals surface area contributed by atoms with Gasteiger partial charge in [-0.2, -0.15) is 0 Å². The molecule has 0 aromatic carbocycles. The van der Waals surface area contributed by atoms with Crippen molar-refractivity contribution in [1.82, 2.24) is 10.2 Å². The van der Waals surface area contributed by atoms with Gasteiger partial charge < -0.3 is 20.1 Å². The fourth-order valence-corrected chi connectivity index (χ4v) is 3.03. The standard InChI is InChI=1S/C14H26N2O3/c17-10-7-12-4-1-2-9-16(12)14(18)15-8-6-13-5-3-11-19-13/h12-13,17H,1-11H2,(H,15,18). The Morgan fingerprint density at radius 1 is 1.26 bits per heavy atom. The molecule has 0 aliphatic carbocycles. The molecule has 0 radical (unpaired) electrons. The van der Waals surface area contributed by atoms with Gasteiger partial charge in [-0.25, -0.2) is 4.79 Å². The number of aliphatic hydroxyl groups excluding tert-OH is 1. The number of nitrogens with one attached hydrogen (secondary N) is 1. The van der Waals surface area contributed by atoms with Gasteiger partial charge in [0.15, 0.2) is 0 Å². The van der Waals surface area contributed by atoms with Crippen molar-refractivity contribution in [2.24, 2.45) is 0 Å². The van der Waals surface area contributed by atoms with Gasteiger partial charge in [0.25, 0.3) is 0 Å². The minimum Gasteiger partial charge on any atom is -0.396 e. The van der Waals surface area contributed by atoms with Crippen molar-refractivity contribution in [3.05, 3.63) is 0 Å². The Morgan fingerprint density at radius 2 is 2.16 bits per heavy atom. The van der Waals surface area contributed by atoms with Crippen LogP contribution in [0.2, 0.25) is 0 Å². The van der Waals surface area contributed by atoms with Crippen LogP contribution in [0.15, 0.2) is 0 Å². The Hall–Kier alpha value is -0.810. The lowest BCUT2D eigenvalue weighted by molar-refractivity contribution is 0.102. The predicted molar refractivity (Wildman–Crippen MR) is 73.0 cm³/mol. The fourth-order valence-electron chi connectivity index (χ4n) is 3.03. The topological polar surface area (TPSA) is 61.8 Å². The number of urea groups is 1. The predicted octanol–water partition coefficient (Wildman–Crippen LogP) is 1.50. The molecule has 0 aromatic rings. The average molecular weight is 270 g/mol. The lowest BCUT2D eigenvalue weighted by Gasteiger charge is -2.35. The lowest BCUT2D eigenvalue weighted by atomic mass is 10.0. The summed E-state index contributed by atoms with van der Waals surface area (Å²) in [6, 6.07) is 0.234. The molecule has 5 heteroatoms. The fraction of sp³-hybridized carbons (Fsp3) is 0.929. The average Bonchev–Trinajstić information content (AvgIpc) is 2.93. The molecule has 0 saturated carbocycles. The van der Waals surface area contributed by atoms with E-state index in [1.54, 1.807) is 0 Å². The van der Waals surface area contributed by atoms with E-state index >= 15 is 0 Å². The van der Waals surface area contributed by atoms with Crippen molar-refractivity contribution < 1.29 is 14.6 Å². The first-order valence-electron chi connectivity index (χ1n) is 7.58. The lowest BCUT2D eigenvalue weighted by Crippen LogP contribution is -2.49. The molecule has 2 atom stereocenters. The maximum Gasteiger partial charge on any atom is 0.317 e. The summed E-state index contributed by atoms with van der Waals surface area (Å²) in [6.45, 7) is 2.52. The van der Waals surface area contributed by atoms with E-state index in [0.717, 1.165) is 51.7 Å². The maximum atomic E-state index is 12.1. The number of piperidine rings is 1. The molecule has 2 aliphatic rings. The van der Waals surface area contributed by atoms with Crippen LogP contribution >= 0.6 is 0 Å². The smallest absolute Gasteiger partial charge is 0.317 e. The van der Waals surface area contributed by atoms with Crippen LogP contribution < -0.4 is 5.32 Å². The molecule has 0 aromatic heterocycles.